The molecule has 2 aromatic rings. The Bertz CT molecular complexity index is 959. The van der Waals surface area contributed by atoms with Gasteiger partial charge in [0, 0.05) is 16.8 Å². The van der Waals surface area contributed by atoms with E-state index in [2.05, 4.69) is 14.8 Å². The van der Waals surface area contributed by atoms with E-state index in [1.54, 1.807) is 20.8 Å². The number of benzene rings is 2. The molecule has 28 heavy (non-hydrogen) atoms. The standard InChI is InChI=1S/C18H19ClF2N2O4S/c1-18(2,3)23-28(25,26)15-10-11(4-9-14(15)19)16(24)22-12-5-7-13(8-6-12)27-17(20)21/h4-10,17,23H,1-3H3,(H,22,24). The van der Waals surface area contributed by atoms with Gasteiger partial charge in [0.25, 0.3) is 5.91 Å². The minimum absolute atomic E-state index is 0.0261. The van der Waals surface area contributed by atoms with Crippen LogP contribution in [-0.2, 0) is 10.0 Å². The van der Waals surface area contributed by atoms with Gasteiger partial charge in [-0.2, -0.15) is 8.78 Å². The topological polar surface area (TPSA) is 84.5 Å². The highest BCUT2D eigenvalue weighted by Crippen LogP contribution is 2.25. The zero-order valence-corrected chi connectivity index (χ0v) is 16.9. The summed E-state index contributed by atoms with van der Waals surface area (Å²) < 4.78 is 56.1. The van der Waals surface area contributed by atoms with Crippen molar-refractivity contribution >= 4 is 33.2 Å². The largest absolute Gasteiger partial charge is 0.435 e. The molecule has 2 rings (SSSR count). The Labute approximate surface area is 166 Å². The van der Waals surface area contributed by atoms with E-state index in [-0.39, 0.29) is 21.2 Å². The number of ether oxygens (including phenoxy) is 1. The molecule has 0 fully saturated rings. The monoisotopic (exact) mass is 432 g/mol. The summed E-state index contributed by atoms with van der Waals surface area (Å²) in [4.78, 5) is 12.2. The Morgan fingerprint density at radius 2 is 1.71 bits per heavy atom. The van der Waals surface area contributed by atoms with Crippen molar-refractivity contribution in [2.75, 3.05) is 5.32 Å². The lowest BCUT2D eigenvalue weighted by Crippen LogP contribution is -2.40. The first-order valence-electron chi connectivity index (χ1n) is 8.07. The first-order chi connectivity index (χ1) is 12.9. The molecule has 152 valence electrons. The van der Waals surface area contributed by atoms with E-state index in [9.17, 15) is 22.0 Å². The Hall–Kier alpha value is -2.23. The van der Waals surface area contributed by atoms with Gasteiger partial charge in [0.05, 0.1) is 5.02 Å². The molecule has 0 unspecified atom stereocenters. The van der Waals surface area contributed by atoms with Crippen LogP contribution in [0, 0.1) is 0 Å². The highest BCUT2D eigenvalue weighted by Gasteiger charge is 2.25. The summed E-state index contributed by atoms with van der Waals surface area (Å²) in [5, 5.41) is 2.52. The molecule has 0 aliphatic heterocycles. The lowest BCUT2D eigenvalue weighted by atomic mass is 10.1. The molecule has 0 aromatic heterocycles. The summed E-state index contributed by atoms with van der Waals surface area (Å²) in [6.07, 6.45) is 0. The van der Waals surface area contributed by atoms with E-state index in [4.69, 9.17) is 11.6 Å². The number of rotatable bonds is 6. The zero-order valence-electron chi connectivity index (χ0n) is 15.3. The molecular formula is C18H19ClF2N2O4S. The number of sulfonamides is 1. The number of carbonyl (C=O) groups excluding carboxylic acids is 1. The molecule has 0 bridgehead atoms. The number of alkyl halides is 2. The van der Waals surface area contributed by atoms with Gasteiger partial charge in [0.1, 0.15) is 10.6 Å². The number of carbonyl (C=O) groups is 1. The SMILES string of the molecule is CC(C)(C)NS(=O)(=O)c1cc(C(=O)Nc2ccc(OC(F)F)cc2)ccc1Cl. The molecule has 6 nitrogen and oxygen atoms in total. The maximum absolute atomic E-state index is 12.5. The van der Waals surface area contributed by atoms with Gasteiger partial charge in [0.2, 0.25) is 10.0 Å². The van der Waals surface area contributed by atoms with Crippen molar-refractivity contribution in [1.29, 1.82) is 0 Å². The van der Waals surface area contributed by atoms with Crippen molar-refractivity contribution in [3.8, 4) is 5.75 Å². The fourth-order valence-electron chi connectivity index (χ4n) is 2.23. The van der Waals surface area contributed by atoms with E-state index in [0.717, 1.165) is 0 Å². The van der Waals surface area contributed by atoms with E-state index in [1.807, 2.05) is 0 Å². The zero-order chi connectivity index (χ0) is 21.1. The van der Waals surface area contributed by atoms with Crippen molar-refractivity contribution in [3.05, 3.63) is 53.1 Å². The summed E-state index contributed by atoms with van der Waals surface area (Å²) in [5.41, 5.74) is -0.354. The van der Waals surface area contributed by atoms with Crippen LogP contribution in [0.3, 0.4) is 0 Å². The third-order valence-electron chi connectivity index (χ3n) is 3.26. The fourth-order valence-corrected chi connectivity index (χ4v) is 4.18. The predicted molar refractivity (Wildman–Crippen MR) is 103 cm³/mol. The van der Waals surface area contributed by atoms with Crippen LogP contribution in [0.5, 0.6) is 5.75 Å². The second-order valence-corrected chi connectivity index (χ2v) is 8.92. The first kappa shape index (κ1) is 22.1. The molecule has 0 heterocycles. The van der Waals surface area contributed by atoms with E-state index in [0.29, 0.717) is 5.69 Å². The van der Waals surface area contributed by atoms with Gasteiger partial charge >= 0.3 is 6.61 Å². The highest BCUT2D eigenvalue weighted by molar-refractivity contribution is 7.89. The smallest absolute Gasteiger partial charge is 0.387 e. The normalized spacial score (nSPS) is 12.1. The quantitative estimate of drug-likeness (QED) is 0.713. The predicted octanol–water partition coefficient (Wildman–Crippen LogP) is 4.27. The van der Waals surface area contributed by atoms with E-state index >= 15 is 0 Å². The molecule has 0 radical (unpaired) electrons. The Morgan fingerprint density at radius 1 is 1.11 bits per heavy atom. The van der Waals surface area contributed by atoms with Crippen molar-refractivity contribution in [1.82, 2.24) is 4.72 Å². The molecule has 0 spiro atoms. The van der Waals surface area contributed by atoms with Crippen LogP contribution in [0.15, 0.2) is 47.4 Å². The number of anilines is 1. The summed E-state index contributed by atoms with van der Waals surface area (Å²) in [5.74, 6) is -0.646. The number of amides is 1. The van der Waals surface area contributed by atoms with Crippen molar-refractivity contribution in [2.45, 2.75) is 37.8 Å². The molecule has 0 atom stereocenters. The van der Waals surface area contributed by atoms with Gasteiger partial charge in [0.15, 0.2) is 0 Å². The Kier molecular flexibility index (Phi) is 6.63. The number of hydrogen-bond acceptors (Lipinski definition) is 4. The molecular weight excluding hydrogens is 414 g/mol. The molecule has 1 amide bonds. The molecule has 10 heteroatoms. The van der Waals surface area contributed by atoms with E-state index in [1.165, 1.54) is 42.5 Å². The molecule has 2 N–H and O–H groups in total. The molecule has 0 aliphatic rings. The maximum atomic E-state index is 12.5. The van der Waals surface area contributed by atoms with E-state index < -0.39 is 28.1 Å². The lowest BCUT2D eigenvalue weighted by molar-refractivity contribution is -0.0498. The van der Waals surface area contributed by atoms with Crippen LogP contribution in [0.4, 0.5) is 14.5 Å². The van der Waals surface area contributed by atoms with Crippen LogP contribution >= 0.6 is 11.6 Å². The number of hydrogen-bond donors (Lipinski definition) is 2. The summed E-state index contributed by atoms with van der Waals surface area (Å²) in [6, 6.07) is 9.16. The van der Waals surface area contributed by atoms with Gasteiger partial charge in [-0.05, 0) is 63.2 Å². The van der Waals surface area contributed by atoms with Crippen molar-refractivity contribution in [2.24, 2.45) is 0 Å². The average molecular weight is 433 g/mol. The number of nitrogens with one attached hydrogen (secondary N) is 2. The molecule has 0 saturated carbocycles. The van der Waals surface area contributed by atoms with Crippen molar-refractivity contribution in [3.63, 3.8) is 0 Å². The van der Waals surface area contributed by atoms with Gasteiger partial charge in [-0.25, -0.2) is 13.1 Å². The maximum Gasteiger partial charge on any atom is 0.387 e. The fraction of sp³-hybridized carbons (Fsp3) is 0.278. The third kappa shape index (κ3) is 6.15. The first-order valence-corrected chi connectivity index (χ1v) is 9.93. The minimum atomic E-state index is -3.94. The second-order valence-electron chi connectivity index (χ2n) is 6.86. The van der Waals surface area contributed by atoms with Crippen LogP contribution < -0.4 is 14.8 Å². The Morgan fingerprint density at radius 3 is 2.25 bits per heavy atom. The van der Waals surface area contributed by atoms with Crippen LogP contribution in [-0.4, -0.2) is 26.5 Å². The van der Waals surface area contributed by atoms with Gasteiger partial charge in [-0.3, -0.25) is 4.79 Å². The highest BCUT2D eigenvalue weighted by atomic mass is 35.5. The molecule has 2 aromatic carbocycles. The Balaban J connectivity index is 2.23. The second kappa shape index (κ2) is 8.42. The summed E-state index contributed by atoms with van der Waals surface area (Å²) in [7, 11) is -3.94. The number of halogens is 3. The average Bonchev–Trinajstić information content (AvgIpc) is 2.54. The van der Waals surface area contributed by atoms with Gasteiger partial charge < -0.3 is 10.1 Å². The summed E-state index contributed by atoms with van der Waals surface area (Å²) >= 11 is 6.01. The van der Waals surface area contributed by atoms with Crippen LogP contribution in [0.25, 0.3) is 0 Å². The van der Waals surface area contributed by atoms with Gasteiger partial charge in [-0.1, -0.05) is 11.6 Å². The minimum Gasteiger partial charge on any atom is -0.435 e. The lowest BCUT2D eigenvalue weighted by Gasteiger charge is -2.21. The van der Waals surface area contributed by atoms with Crippen molar-refractivity contribution < 1.29 is 26.7 Å². The van der Waals surface area contributed by atoms with Crippen LogP contribution in [0.2, 0.25) is 5.02 Å². The molecule has 0 aliphatic carbocycles. The summed E-state index contributed by atoms with van der Waals surface area (Å²) in [6.45, 7) is 2.08. The van der Waals surface area contributed by atoms with Gasteiger partial charge in [-0.15, -0.1) is 0 Å². The van der Waals surface area contributed by atoms with Crippen LogP contribution in [0.1, 0.15) is 31.1 Å². The molecule has 0 saturated heterocycles. The third-order valence-corrected chi connectivity index (χ3v) is 5.50.